The molecule has 39 valence electrons. The monoisotopic (exact) mass is 313 g/mol. The van der Waals surface area contributed by atoms with Crippen molar-refractivity contribution in [3.63, 3.8) is 0 Å². The molecular weight excluding hydrogens is 308 g/mol. The van der Waals surface area contributed by atoms with Gasteiger partial charge in [-0.25, -0.2) is 0 Å². The Hall–Kier alpha value is 0.682. The number of aliphatic carboxylic acids is 1. The molecular formula is C3H5ClO2Tl. The van der Waals surface area contributed by atoms with Crippen molar-refractivity contribution in [2.75, 3.05) is 0 Å². The maximum absolute atomic E-state index is 9.57. The number of hydrogen-bond acceptors (Lipinski definition) is 1. The van der Waals surface area contributed by atoms with Gasteiger partial charge in [-0.2, -0.15) is 0 Å². The number of rotatable bonds is 1. The fraction of sp³-hybridized carbons (Fsp3) is 0.667. The fourth-order valence-electron chi connectivity index (χ4n) is 0. The molecule has 1 radical (unpaired) electrons. The smallest absolute Gasteiger partial charge is 0.321 e. The summed E-state index contributed by atoms with van der Waals surface area (Å²) in [7, 11) is 0. The van der Waals surface area contributed by atoms with Crippen molar-refractivity contribution in [2.45, 2.75) is 12.3 Å². The zero-order valence-electron chi connectivity index (χ0n) is 3.89. The summed E-state index contributed by atoms with van der Waals surface area (Å²) < 4.78 is 0. The van der Waals surface area contributed by atoms with Crippen molar-refractivity contribution in [2.24, 2.45) is 0 Å². The van der Waals surface area contributed by atoms with Crippen LogP contribution in [0.4, 0.5) is 0 Å². The van der Waals surface area contributed by atoms with E-state index in [1.807, 2.05) is 0 Å². The molecule has 0 saturated heterocycles. The van der Waals surface area contributed by atoms with Gasteiger partial charge in [-0.05, 0) is 6.92 Å². The van der Waals surface area contributed by atoms with E-state index in [1.165, 1.54) is 6.92 Å². The van der Waals surface area contributed by atoms with Crippen LogP contribution in [-0.4, -0.2) is 43.8 Å². The second-order valence-corrected chi connectivity index (χ2v) is 1.61. The van der Waals surface area contributed by atoms with E-state index in [0.29, 0.717) is 0 Å². The number of halogens is 1. The number of carboxylic acid groups (broad SMARTS) is 1. The van der Waals surface area contributed by atoms with E-state index < -0.39 is 11.3 Å². The van der Waals surface area contributed by atoms with Gasteiger partial charge < -0.3 is 5.11 Å². The molecule has 0 rings (SSSR count). The van der Waals surface area contributed by atoms with Gasteiger partial charge >= 0.3 is 5.97 Å². The molecule has 0 aliphatic heterocycles. The van der Waals surface area contributed by atoms with Gasteiger partial charge in [0.05, 0.1) is 0 Å². The third-order valence-corrected chi connectivity index (χ3v) is 0.527. The first-order valence-electron chi connectivity index (χ1n) is 1.51. The summed E-state index contributed by atoms with van der Waals surface area (Å²) in [6, 6.07) is 0. The molecule has 0 bridgehead atoms. The van der Waals surface area contributed by atoms with E-state index in [9.17, 15) is 4.79 Å². The van der Waals surface area contributed by atoms with Gasteiger partial charge in [0.25, 0.3) is 0 Å². The largest absolute Gasteiger partial charge is 0.480 e. The number of carboxylic acids is 1. The molecule has 0 heterocycles. The minimum absolute atomic E-state index is 0. The number of carbonyl (C=O) groups is 1. The fourth-order valence-corrected chi connectivity index (χ4v) is 0. The maximum Gasteiger partial charge on any atom is 0.321 e. The summed E-state index contributed by atoms with van der Waals surface area (Å²) >= 11 is 5.01. The first-order chi connectivity index (χ1) is 2.64. The standard InChI is InChI=1S/C3H5ClO2.Tl/c1-2(4)3(5)6;/h2H,1H3,(H,5,6);. The molecule has 1 atom stereocenters. The van der Waals surface area contributed by atoms with Gasteiger partial charge in [0, 0.05) is 27.3 Å². The van der Waals surface area contributed by atoms with Gasteiger partial charge in [-0.3, -0.25) is 4.79 Å². The second kappa shape index (κ2) is 4.83. The first-order valence-corrected chi connectivity index (χ1v) is 1.95. The van der Waals surface area contributed by atoms with Gasteiger partial charge in [0.15, 0.2) is 0 Å². The Balaban J connectivity index is 0. The van der Waals surface area contributed by atoms with E-state index >= 15 is 0 Å². The molecule has 0 aromatic rings. The molecule has 4 heteroatoms. The summed E-state index contributed by atoms with van der Waals surface area (Å²) in [5.41, 5.74) is 0. The molecule has 2 nitrogen and oxygen atoms in total. The Bertz CT molecular complexity index is 64.0. The Morgan fingerprint density at radius 2 is 2.00 bits per heavy atom. The van der Waals surface area contributed by atoms with E-state index in [2.05, 4.69) is 0 Å². The quantitative estimate of drug-likeness (QED) is 0.559. The predicted molar refractivity (Wildman–Crippen MR) is 28.7 cm³/mol. The number of hydrogen-bond donors (Lipinski definition) is 1. The van der Waals surface area contributed by atoms with E-state index in [0.717, 1.165) is 0 Å². The molecule has 0 aromatic carbocycles. The SMILES string of the molecule is CC(Cl)C(=O)O.[Tl]. The van der Waals surface area contributed by atoms with Crippen LogP contribution >= 0.6 is 11.6 Å². The average molecular weight is 313 g/mol. The minimum atomic E-state index is -0.975. The van der Waals surface area contributed by atoms with Gasteiger partial charge in [0.2, 0.25) is 0 Å². The van der Waals surface area contributed by atoms with E-state index in [4.69, 9.17) is 16.7 Å². The van der Waals surface area contributed by atoms with Crippen molar-refractivity contribution in [3.8, 4) is 0 Å². The number of alkyl halides is 1. The summed E-state index contributed by atoms with van der Waals surface area (Å²) in [6.07, 6.45) is 0. The van der Waals surface area contributed by atoms with Crippen LogP contribution in [0.25, 0.3) is 0 Å². The first kappa shape index (κ1) is 10.6. The normalized spacial score (nSPS) is 11.7. The molecule has 1 unspecified atom stereocenters. The molecule has 0 spiro atoms. The minimum Gasteiger partial charge on any atom is -0.480 e. The molecule has 0 aliphatic rings. The van der Waals surface area contributed by atoms with Crippen LogP contribution in [0.15, 0.2) is 0 Å². The van der Waals surface area contributed by atoms with Crippen LogP contribution < -0.4 is 0 Å². The van der Waals surface area contributed by atoms with Crippen molar-refractivity contribution >= 4 is 44.9 Å². The second-order valence-electron chi connectivity index (χ2n) is 0.954. The van der Waals surface area contributed by atoms with Crippen molar-refractivity contribution in [1.82, 2.24) is 0 Å². The third kappa shape index (κ3) is 6.68. The van der Waals surface area contributed by atoms with Crippen molar-refractivity contribution in [3.05, 3.63) is 0 Å². The van der Waals surface area contributed by atoms with Crippen LogP contribution in [0.2, 0.25) is 0 Å². The third-order valence-electron chi connectivity index (χ3n) is 0.340. The maximum atomic E-state index is 9.57. The Labute approximate surface area is 67.0 Å². The Morgan fingerprint density at radius 3 is 2.00 bits per heavy atom. The van der Waals surface area contributed by atoms with Crippen LogP contribution in [0.3, 0.4) is 0 Å². The topological polar surface area (TPSA) is 37.3 Å². The van der Waals surface area contributed by atoms with E-state index in [1.54, 1.807) is 0 Å². The van der Waals surface area contributed by atoms with Crippen LogP contribution in [-0.2, 0) is 4.79 Å². The molecule has 0 amide bonds. The summed E-state index contributed by atoms with van der Waals surface area (Å²) in [5.74, 6) is -0.975. The van der Waals surface area contributed by atoms with Gasteiger partial charge in [-0.1, -0.05) is 0 Å². The summed E-state index contributed by atoms with van der Waals surface area (Å²) in [6.45, 7) is 1.41. The zero-order valence-corrected chi connectivity index (χ0v) is 9.13. The molecule has 0 fully saturated rings. The van der Waals surface area contributed by atoms with Crippen LogP contribution in [0, 0.1) is 0 Å². The van der Waals surface area contributed by atoms with Crippen LogP contribution in [0.5, 0.6) is 0 Å². The summed E-state index contributed by atoms with van der Waals surface area (Å²) in [5, 5.41) is 7.10. The average Bonchev–Trinajstić information content (AvgIpc) is 1.36. The molecule has 7 heavy (non-hydrogen) atoms. The molecule has 1 N–H and O–H groups in total. The Kier molecular flexibility index (Phi) is 7.33. The molecule has 0 aliphatic carbocycles. The predicted octanol–water partition coefficient (Wildman–Crippen LogP) is 0.318. The van der Waals surface area contributed by atoms with Crippen molar-refractivity contribution < 1.29 is 9.90 Å². The van der Waals surface area contributed by atoms with Gasteiger partial charge in [-0.15, -0.1) is 11.6 Å². The Morgan fingerprint density at radius 1 is 1.86 bits per heavy atom. The van der Waals surface area contributed by atoms with Gasteiger partial charge in [0.1, 0.15) is 5.38 Å². The summed E-state index contributed by atoms with van der Waals surface area (Å²) in [4.78, 5) is 9.57. The van der Waals surface area contributed by atoms with Crippen LogP contribution in [0.1, 0.15) is 6.92 Å². The molecule has 0 saturated carbocycles. The molecule has 0 aromatic heterocycles. The van der Waals surface area contributed by atoms with E-state index in [-0.39, 0.29) is 27.3 Å². The zero-order chi connectivity index (χ0) is 5.15. The van der Waals surface area contributed by atoms with Crippen molar-refractivity contribution in [1.29, 1.82) is 0 Å².